The summed E-state index contributed by atoms with van der Waals surface area (Å²) in [6.07, 6.45) is 3.82. The number of hydrogen-bond donors (Lipinski definition) is 0. The van der Waals surface area contributed by atoms with Gasteiger partial charge >= 0.3 is 0 Å². The van der Waals surface area contributed by atoms with Gasteiger partial charge in [-0.05, 0) is 45.9 Å². The maximum Gasteiger partial charge on any atom is 0.120 e. The van der Waals surface area contributed by atoms with Gasteiger partial charge in [0.25, 0.3) is 0 Å². The molecule has 3 nitrogen and oxygen atoms in total. The molecule has 233 valence electrons. The molecule has 0 aliphatic carbocycles. The fourth-order valence-corrected chi connectivity index (χ4v) is 6.55. The first kappa shape index (κ1) is 33.2. The summed E-state index contributed by atoms with van der Waals surface area (Å²) in [6, 6.07) is 44.1. The fourth-order valence-electron chi connectivity index (χ4n) is 5.51. The van der Waals surface area contributed by atoms with Gasteiger partial charge < -0.3 is 14.4 Å². The molecule has 0 atom stereocenters. The van der Waals surface area contributed by atoms with Gasteiger partial charge in [-0.25, -0.2) is 0 Å². The molecule has 0 bridgehead atoms. The first-order valence-corrected chi connectivity index (χ1v) is 18.9. The van der Waals surface area contributed by atoms with Gasteiger partial charge in [-0.2, -0.15) is 0 Å². The van der Waals surface area contributed by atoms with Crippen LogP contribution in [0.1, 0.15) is 30.5 Å². The molecule has 3 heterocycles. The standard InChI is InChI=1S/C26H20NO.C15H18NSi.Ir/c1-26(2,18-9-4-3-5-10-18)19-14-15-24-22(17-19)20-11-8-12-21(25(20)28-24)23-13-6-7-16-27-23;1-12-5-7-13(8-6-12)15-10-9-14(11-16-15)17(2,3)4;/h3-11,13-17H,1-2H3;5-7,9-11H,1-4H3;/q2*-1;. The molecule has 0 fully saturated rings. The van der Waals surface area contributed by atoms with Crippen LogP contribution in [-0.2, 0) is 25.5 Å². The average Bonchev–Trinajstić information content (AvgIpc) is 3.44. The number of furan rings is 1. The van der Waals surface area contributed by atoms with E-state index in [1.807, 2.05) is 36.5 Å². The molecule has 0 aliphatic rings. The molecular weight excluding hydrogens is 757 g/mol. The van der Waals surface area contributed by atoms with E-state index in [1.54, 1.807) is 6.20 Å². The van der Waals surface area contributed by atoms with Gasteiger partial charge in [0.2, 0.25) is 0 Å². The van der Waals surface area contributed by atoms with Crippen LogP contribution in [0.3, 0.4) is 0 Å². The Kier molecular flexibility index (Phi) is 9.88. The Bertz CT molecular complexity index is 2050. The maximum absolute atomic E-state index is 6.24. The van der Waals surface area contributed by atoms with E-state index in [-0.39, 0.29) is 25.5 Å². The van der Waals surface area contributed by atoms with Crippen molar-refractivity contribution in [3.8, 4) is 22.5 Å². The van der Waals surface area contributed by atoms with Crippen LogP contribution >= 0.6 is 0 Å². The maximum atomic E-state index is 6.24. The quantitative estimate of drug-likeness (QED) is 0.129. The molecule has 7 rings (SSSR count). The summed E-state index contributed by atoms with van der Waals surface area (Å²) in [4.78, 5) is 9.02. The largest absolute Gasteiger partial charge is 0.501 e. The molecule has 0 saturated carbocycles. The molecule has 46 heavy (non-hydrogen) atoms. The molecule has 3 aromatic heterocycles. The number of aromatic nitrogens is 2. The number of rotatable bonds is 5. The summed E-state index contributed by atoms with van der Waals surface area (Å²) in [5.41, 5.74) is 9.27. The van der Waals surface area contributed by atoms with Gasteiger partial charge in [0, 0.05) is 43.3 Å². The van der Waals surface area contributed by atoms with E-state index in [9.17, 15) is 0 Å². The Balaban J connectivity index is 0.000000200. The van der Waals surface area contributed by atoms with Crippen LogP contribution < -0.4 is 5.19 Å². The molecular formula is C41H38IrN2OSi-2. The topological polar surface area (TPSA) is 38.9 Å². The summed E-state index contributed by atoms with van der Waals surface area (Å²) >= 11 is 0. The van der Waals surface area contributed by atoms with Crippen molar-refractivity contribution >= 4 is 35.2 Å². The molecule has 7 aromatic rings. The number of benzene rings is 4. The number of hydrogen-bond acceptors (Lipinski definition) is 3. The van der Waals surface area contributed by atoms with Crippen LogP contribution in [0.4, 0.5) is 0 Å². The molecule has 0 amide bonds. The van der Waals surface area contributed by atoms with Crippen molar-refractivity contribution in [3.63, 3.8) is 0 Å². The summed E-state index contributed by atoms with van der Waals surface area (Å²) in [7, 11) is -1.24. The predicted molar refractivity (Wildman–Crippen MR) is 191 cm³/mol. The Hall–Kier alpha value is -4.15. The number of pyridine rings is 2. The predicted octanol–water partition coefficient (Wildman–Crippen LogP) is 10.2. The Labute approximate surface area is 287 Å². The number of fused-ring (bicyclic) bond motifs is 3. The molecule has 4 aromatic carbocycles. The van der Waals surface area contributed by atoms with Gasteiger partial charge in [0.05, 0.1) is 13.7 Å². The zero-order chi connectivity index (χ0) is 31.6. The summed E-state index contributed by atoms with van der Waals surface area (Å²) in [5, 5.41) is 3.62. The van der Waals surface area contributed by atoms with Crippen LogP contribution in [-0.4, -0.2) is 18.0 Å². The number of nitrogens with zero attached hydrogens (tertiary/aromatic N) is 2. The van der Waals surface area contributed by atoms with Gasteiger partial charge in [0.1, 0.15) is 5.58 Å². The summed E-state index contributed by atoms with van der Waals surface area (Å²) in [5.74, 6) is 0. The van der Waals surface area contributed by atoms with Crippen LogP contribution in [0.15, 0.2) is 126 Å². The van der Waals surface area contributed by atoms with Gasteiger partial charge in [0.15, 0.2) is 0 Å². The molecule has 1 radical (unpaired) electrons. The zero-order valence-corrected chi connectivity index (χ0v) is 30.6. The fraction of sp³-hybridized carbons (Fsp3) is 0.171. The second-order valence-electron chi connectivity index (χ2n) is 13.1. The average molecular weight is 795 g/mol. The van der Waals surface area contributed by atoms with E-state index in [0.717, 1.165) is 44.5 Å². The van der Waals surface area contributed by atoms with Gasteiger partial charge in [-0.15, -0.1) is 53.6 Å². The van der Waals surface area contributed by atoms with E-state index < -0.39 is 8.07 Å². The van der Waals surface area contributed by atoms with Crippen LogP contribution in [0.5, 0.6) is 0 Å². The van der Waals surface area contributed by atoms with Crippen molar-refractivity contribution < 1.29 is 24.5 Å². The Morgan fingerprint density at radius 2 is 1.50 bits per heavy atom. The van der Waals surface area contributed by atoms with Crippen molar-refractivity contribution in [3.05, 3.63) is 150 Å². The van der Waals surface area contributed by atoms with Crippen LogP contribution in [0.25, 0.3) is 44.5 Å². The molecule has 0 aliphatic heterocycles. The van der Waals surface area contributed by atoms with Gasteiger partial charge in [-0.1, -0.05) is 112 Å². The zero-order valence-electron chi connectivity index (χ0n) is 27.2. The second-order valence-corrected chi connectivity index (χ2v) is 18.2. The van der Waals surface area contributed by atoms with Gasteiger partial charge in [-0.3, -0.25) is 0 Å². The van der Waals surface area contributed by atoms with Crippen molar-refractivity contribution in [1.29, 1.82) is 0 Å². The van der Waals surface area contributed by atoms with E-state index in [2.05, 4.69) is 141 Å². The number of aryl methyl sites for hydroxylation is 1. The SMILES string of the molecule is CC(C)(c1ccccc1)c1ccc2oc3c(-c4ccccn4)[c-]ccc3c2c1.Cc1c[c-]c(-c2ccc([Si](C)(C)C)cn2)cc1.[Ir]. The molecule has 5 heteroatoms. The Morgan fingerprint density at radius 1 is 0.717 bits per heavy atom. The first-order valence-electron chi connectivity index (χ1n) is 15.4. The molecule has 0 saturated heterocycles. The minimum Gasteiger partial charge on any atom is -0.501 e. The van der Waals surface area contributed by atoms with E-state index in [4.69, 9.17) is 4.42 Å². The molecule has 0 unspecified atom stereocenters. The van der Waals surface area contributed by atoms with E-state index >= 15 is 0 Å². The molecule has 0 N–H and O–H groups in total. The monoisotopic (exact) mass is 795 g/mol. The summed E-state index contributed by atoms with van der Waals surface area (Å²) < 4.78 is 6.24. The Morgan fingerprint density at radius 3 is 2.15 bits per heavy atom. The van der Waals surface area contributed by atoms with E-state index in [1.165, 1.54) is 21.9 Å². The molecule has 0 spiro atoms. The normalized spacial score (nSPS) is 11.5. The van der Waals surface area contributed by atoms with Crippen molar-refractivity contribution in [2.75, 3.05) is 0 Å². The second kappa shape index (κ2) is 13.7. The van der Waals surface area contributed by atoms with Crippen molar-refractivity contribution in [1.82, 2.24) is 9.97 Å². The van der Waals surface area contributed by atoms with E-state index in [0.29, 0.717) is 0 Å². The van der Waals surface area contributed by atoms with Crippen LogP contribution in [0, 0.1) is 19.1 Å². The van der Waals surface area contributed by atoms with Crippen molar-refractivity contribution in [2.45, 2.75) is 45.8 Å². The third kappa shape index (κ3) is 6.98. The summed E-state index contributed by atoms with van der Waals surface area (Å²) in [6.45, 7) is 13.6. The third-order valence-corrected chi connectivity index (χ3v) is 10.5. The third-order valence-electron chi connectivity index (χ3n) is 8.44. The smallest absolute Gasteiger partial charge is 0.120 e. The first-order chi connectivity index (χ1) is 21.6. The van der Waals surface area contributed by atoms with Crippen molar-refractivity contribution in [2.24, 2.45) is 0 Å². The minimum absolute atomic E-state index is 0. The minimum atomic E-state index is -1.24. The van der Waals surface area contributed by atoms with Crippen LogP contribution in [0.2, 0.25) is 19.6 Å².